The lowest BCUT2D eigenvalue weighted by atomic mass is 10.1. The molecule has 0 atom stereocenters. The highest BCUT2D eigenvalue weighted by atomic mass is 15.2. The summed E-state index contributed by atoms with van der Waals surface area (Å²) < 4.78 is 0. The predicted molar refractivity (Wildman–Crippen MR) is 63.5 cm³/mol. The van der Waals surface area contributed by atoms with Gasteiger partial charge in [0.1, 0.15) is 0 Å². The Labute approximate surface area is 91.6 Å². The molecule has 0 spiro atoms. The summed E-state index contributed by atoms with van der Waals surface area (Å²) in [4.78, 5) is 2.42. The van der Waals surface area contributed by atoms with Gasteiger partial charge in [-0.2, -0.15) is 0 Å². The lowest BCUT2D eigenvalue weighted by Crippen LogP contribution is -2.38. The molecule has 79 valence electrons. The molecular formula is C13H17N2. The van der Waals surface area contributed by atoms with E-state index in [2.05, 4.69) is 53.5 Å². The lowest BCUT2D eigenvalue weighted by Gasteiger charge is -2.31. The molecular weight excluding hydrogens is 184 g/mol. The second-order valence-electron chi connectivity index (χ2n) is 3.70. The first-order valence-electron chi connectivity index (χ1n) is 5.52. The van der Waals surface area contributed by atoms with Crippen LogP contribution in [0.3, 0.4) is 0 Å². The predicted octanol–water partition coefficient (Wildman–Crippen LogP) is 1.97. The van der Waals surface area contributed by atoms with Gasteiger partial charge >= 0.3 is 0 Å². The number of piperazine rings is 1. The van der Waals surface area contributed by atoms with Gasteiger partial charge < -0.3 is 4.90 Å². The van der Waals surface area contributed by atoms with Crippen LogP contribution in [0.15, 0.2) is 36.4 Å². The second-order valence-corrected chi connectivity index (χ2v) is 3.70. The lowest BCUT2D eigenvalue weighted by molar-refractivity contribution is 0.336. The summed E-state index contributed by atoms with van der Waals surface area (Å²) in [7, 11) is 0. The van der Waals surface area contributed by atoms with E-state index < -0.39 is 0 Å². The summed E-state index contributed by atoms with van der Waals surface area (Å²) in [6.07, 6.45) is 2.20. The van der Waals surface area contributed by atoms with Crippen molar-refractivity contribution in [1.82, 2.24) is 10.2 Å². The number of allylic oxidation sites excluding steroid dienone is 1. The van der Waals surface area contributed by atoms with Crippen LogP contribution in [-0.2, 0) is 0 Å². The molecule has 15 heavy (non-hydrogen) atoms. The van der Waals surface area contributed by atoms with Crippen molar-refractivity contribution in [3.05, 3.63) is 42.0 Å². The van der Waals surface area contributed by atoms with Crippen molar-refractivity contribution in [2.24, 2.45) is 0 Å². The van der Waals surface area contributed by atoms with Crippen LogP contribution in [0.25, 0.3) is 5.70 Å². The van der Waals surface area contributed by atoms with Gasteiger partial charge in [0.15, 0.2) is 0 Å². The molecule has 1 radical (unpaired) electrons. The molecule has 0 amide bonds. The molecule has 0 N–H and O–H groups in total. The van der Waals surface area contributed by atoms with Crippen LogP contribution < -0.4 is 5.32 Å². The van der Waals surface area contributed by atoms with Crippen LogP contribution in [0.5, 0.6) is 0 Å². The molecule has 2 heteroatoms. The fourth-order valence-corrected chi connectivity index (χ4v) is 1.99. The van der Waals surface area contributed by atoms with Crippen LogP contribution >= 0.6 is 0 Å². The van der Waals surface area contributed by atoms with Gasteiger partial charge in [-0.1, -0.05) is 36.4 Å². The molecule has 2 rings (SSSR count). The average Bonchev–Trinajstić information content (AvgIpc) is 2.33. The summed E-state index contributed by atoms with van der Waals surface area (Å²) in [5.74, 6) is 0. The van der Waals surface area contributed by atoms with Gasteiger partial charge in [0.05, 0.1) is 0 Å². The van der Waals surface area contributed by atoms with Gasteiger partial charge in [-0.05, 0) is 12.5 Å². The first-order chi connectivity index (χ1) is 7.42. The molecule has 0 saturated carbocycles. The summed E-state index contributed by atoms with van der Waals surface area (Å²) in [5, 5.41) is 4.37. The molecule has 1 aromatic carbocycles. The van der Waals surface area contributed by atoms with Gasteiger partial charge in [-0.3, -0.25) is 0 Å². The van der Waals surface area contributed by atoms with Crippen LogP contribution in [0, 0.1) is 0 Å². The van der Waals surface area contributed by atoms with Crippen LogP contribution in [0.4, 0.5) is 0 Å². The SMILES string of the molecule is CC=C(c1ccccc1)N1CC[N]CC1. The minimum atomic E-state index is 0.962. The zero-order chi connectivity index (χ0) is 10.5. The molecule has 1 aliphatic rings. The van der Waals surface area contributed by atoms with Gasteiger partial charge in [-0.25, -0.2) is 5.32 Å². The molecule has 0 aromatic heterocycles. The maximum absolute atomic E-state index is 4.37. The van der Waals surface area contributed by atoms with Crippen molar-refractivity contribution in [2.45, 2.75) is 6.92 Å². The fraction of sp³-hybridized carbons (Fsp3) is 0.385. The van der Waals surface area contributed by atoms with Crippen molar-refractivity contribution in [1.29, 1.82) is 0 Å². The Morgan fingerprint density at radius 1 is 1.20 bits per heavy atom. The Bertz CT molecular complexity index is 324. The molecule has 2 nitrogen and oxygen atoms in total. The number of hydrogen-bond acceptors (Lipinski definition) is 1. The first-order valence-corrected chi connectivity index (χ1v) is 5.52. The summed E-state index contributed by atoms with van der Waals surface area (Å²) in [6.45, 7) is 6.13. The number of benzene rings is 1. The number of hydrogen-bond donors (Lipinski definition) is 0. The van der Waals surface area contributed by atoms with E-state index in [0.717, 1.165) is 26.2 Å². The standard InChI is InChI=1S/C13H17N2/c1-2-13(12-6-4-3-5-7-12)15-10-8-14-9-11-15/h2-7H,8-11H2,1H3. The summed E-state index contributed by atoms with van der Waals surface area (Å²) in [6, 6.07) is 10.6. The largest absolute Gasteiger partial charge is 0.369 e. The van der Waals surface area contributed by atoms with Crippen molar-refractivity contribution in [3.8, 4) is 0 Å². The van der Waals surface area contributed by atoms with Crippen molar-refractivity contribution in [3.63, 3.8) is 0 Å². The van der Waals surface area contributed by atoms with E-state index in [1.54, 1.807) is 0 Å². The Hall–Kier alpha value is -1.28. The van der Waals surface area contributed by atoms with Gasteiger partial charge in [-0.15, -0.1) is 0 Å². The van der Waals surface area contributed by atoms with Crippen molar-refractivity contribution in [2.75, 3.05) is 26.2 Å². The Balaban J connectivity index is 2.17. The molecule has 0 aliphatic carbocycles. The monoisotopic (exact) mass is 201 g/mol. The first kappa shape index (κ1) is 10.2. The van der Waals surface area contributed by atoms with Crippen LogP contribution in [0.1, 0.15) is 12.5 Å². The fourth-order valence-electron chi connectivity index (χ4n) is 1.99. The molecule has 0 unspecified atom stereocenters. The van der Waals surface area contributed by atoms with Crippen LogP contribution in [0.2, 0.25) is 0 Å². The maximum Gasteiger partial charge on any atom is 0.0397 e. The highest BCUT2D eigenvalue weighted by Gasteiger charge is 2.13. The zero-order valence-corrected chi connectivity index (χ0v) is 9.19. The number of rotatable bonds is 2. The quantitative estimate of drug-likeness (QED) is 0.715. The Morgan fingerprint density at radius 2 is 1.87 bits per heavy atom. The molecule has 1 saturated heterocycles. The summed E-state index contributed by atoms with van der Waals surface area (Å²) in [5.41, 5.74) is 2.65. The Morgan fingerprint density at radius 3 is 2.47 bits per heavy atom. The highest BCUT2D eigenvalue weighted by molar-refractivity contribution is 5.63. The van der Waals surface area contributed by atoms with E-state index in [9.17, 15) is 0 Å². The molecule has 0 bridgehead atoms. The van der Waals surface area contributed by atoms with Crippen molar-refractivity contribution >= 4 is 5.70 Å². The third kappa shape index (κ3) is 2.39. The molecule has 1 fully saturated rings. The van der Waals surface area contributed by atoms with E-state index in [-0.39, 0.29) is 0 Å². The Kier molecular flexibility index (Phi) is 3.41. The van der Waals surface area contributed by atoms with Crippen molar-refractivity contribution < 1.29 is 0 Å². The number of nitrogens with zero attached hydrogens (tertiary/aromatic N) is 2. The molecule has 1 heterocycles. The van der Waals surface area contributed by atoms with Crippen LogP contribution in [-0.4, -0.2) is 31.1 Å². The minimum absolute atomic E-state index is 0.962. The normalized spacial score (nSPS) is 17.9. The minimum Gasteiger partial charge on any atom is -0.369 e. The van der Waals surface area contributed by atoms with Gasteiger partial charge in [0.2, 0.25) is 0 Å². The van der Waals surface area contributed by atoms with E-state index in [1.165, 1.54) is 11.3 Å². The second kappa shape index (κ2) is 4.99. The zero-order valence-electron chi connectivity index (χ0n) is 9.19. The third-order valence-electron chi connectivity index (χ3n) is 2.74. The van der Waals surface area contributed by atoms with E-state index in [1.807, 2.05) is 0 Å². The highest BCUT2D eigenvalue weighted by Crippen LogP contribution is 2.19. The van der Waals surface area contributed by atoms with E-state index >= 15 is 0 Å². The van der Waals surface area contributed by atoms with E-state index in [0.29, 0.717) is 0 Å². The maximum atomic E-state index is 4.37. The third-order valence-corrected chi connectivity index (χ3v) is 2.74. The van der Waals surface area contributed by atoms with E-state index in [4.69, 9.17) is 0 Å². The smallest absolute Gasteiger partial charge is 0.0397 e. The molecule has 1 aliphatic heterocycles. The summed E-state index contributed by atoms with van der Waals surface area (Å²) >= 11 is 0. The van der Waals surface area contributed by atoms with Gasteiger partial charge in [0, 0.05) is 31.9 Å². The average molecular weight is 201 g/mol. The topological polar surface area (TPSA) is 17.3 Å². The molecule has 1 aromatic rings. The van der Waals surface area contributed by atoms with Gasteiger partial charge in [0.25, 0.3) is 0 Å².